The number of halogens is 1. The molecule has 0 fully saturated rings. The molecule has 0 bridgehead atoms. The van der Waals surface area contributed by atoms with Gasteiger partial charge in [0.15, 0.2) is 0 Å². The molecule has 0 aliphatic carbocycles. The summed E-state index contributed by atoms with van der Waals surface area (Å²) in [6.45, 7) is 9.07. The molecule has 0 radical (unpaired) electrons. The summed E-state index contributed by atoms with van der Waals surface area (Å²) >= 11 is 0. The second kappa shape index (κ2) is 8.59. The molecule has 0 spiro atoms. The smallest absolute Gasteiger partial charge is 0.123 e. The Bertz CT molecular complexity index is 811. The number of aromatic nitrogens is 1. The Hall–Kier alpha value is -2.72. The molecule has 0 saturated carbocycles. The Morgan fingerprint density at radius 1 is 1.15 bits per heavy atom. The third-order valence-electron chi connectivity index (χ3n) is 4.45. The molecular weight excluding hydrogens is 327 g/mol. The molecule has 1 aliphatic heterocycles. The molecule has 0 unspecified atom stereocenters. The minimum Gasteiger partial charge on any atom is -0.489 e. The first-order chi connectivity index (χ1) is 12.7. The van der Waals surface area contributed by atoms with Gasteiger partial charge in [0, 0.05) is 31.0 Å². The number of nitrogens with zero attached hydrogens (tertiary/aromatic N) is 1. The lowest BCUT2D eigenvalue weighted by atomic mass is 10.0. The van der Waals surface area contributed by atoms with E-state index in [0.29, 0.717) is 6.54 Å². The third kappa shape index (κ3) is 4.46. The van der Waals surface area contributed by atoms with Gasteiger partial charge in [-0.25, -0.2) is 4.39 Å². The second-order valence-electron chi connectivity index (χ2n) is 6.30. The van der Waals surface area contributed by atoms with Crippen molar-refractivity contribution in [2.45, 2.75) is 25.5 Å². The summed E-state index contributed by atoms with van der Waals surface area (Å²) in [5.41, 5.74) is 4.13. The van der Waals surface area contributed by atoms with E-state index in [9.17, 15) is 4.39 Å². The minimum atomic E-state index is -0.237. The van der Waals surface area contributed by atoms with Crippen LogP contribution in [0.25, 0.3) is 11.1 Å². The molecule has 1 aromatic heterocycles. The van der Waals surface area contributed by atoms with Gasteiger partial charge in [-0.2, -0.15) is 0 Å². The second-order valence-corrected chi connectivity index (χ2v) is 6.30. The van der Waals surface area contributed by atoms with Crippen molar-refractivity contribution in [1.29, 1.82) is 0 Å². The van der Waals surface area contributed by atoms with Gasteiger partial charge >= 0.3 is 0 Å². The van der Waals surface area contributed by atoms with Crippen LogP contribution >= 0.6 is 0 Å². The first-order valence-electron chi connectivity index (χ1n) is 8.75. The van der Waals surface area contributed by atoms with Crippen LogP contribution in [0.2, 0.25) is 0 Å². The van der Waals surface area contributed by atoms with Crippen molar-refractivity contribution in [1.82, 2.24) is 10.3 Å². The predicted octanol–water partition coefficient (Wildman–Crippen LogP) is 4.78. The lowest BCUT2D eigenvalue weighted by Crippen LogP contribution is -2.30. The zero-order valence-corrected chi connectivity index (χ0v) is 14.7. The number of allylic oxidation sites excluding steroid dienone is 3. The van der Waals surface area contributed by atoms with Crippen molar-refractivity contribution in [3.05, 3.63) is 90.7 Å². The Labute approximate surface area is 153 Å². The van der Waals surface area contributed by atoms with E-state index in [-0.39, 0.29) is 11.9 Å². The summed E-state index contributed by atoms with van der Waals surface area (Å²) in [7, 11) is 0. The number of ether oxygens (including phenoxy) is 1. The molecule has 3 rings (SSSR count). The first-order valence-corrected chi connectivity index (χ1v) is 8.75. The van der Waals surface area contributed by atoms with Crippen LogP contribution in [-0.4, -0.2) is 17.6 Å². The molecule has 1 N–H and O–H groups in total. The fourth-order valence-electron chi connectivity index (χ4n) is 3.04. The quantitative estimate of drug-likeness (QED) is 0.780. The predicted molar refractivity (Wildman–Crippen MR) is 103 cm³/mol. The van der Waals surface area contributed by atoms with E-state index in [1.165, 1.54) is 12.1 Å². The Morgan fingerprint density at radius 2 is 1.96 bits per heavy atom. The van der Waals surface area contributed by atoms with Crippen LogP contribution in [0.3, 0.4) is 0 Å². The van der Waals surface area contributed by atoms with Crippen molar-refractivity contribution >= 4 is 0 Å². The maximum absolute atomic E-state index is 13.1. The molecule has 1 atom stereocenters. The van der Waals surface area contributed by atoms with E-state index in [0.717, 1.165) is 47.4 Å². The molecule has 134 valence electrons. The normalized spacial score (nSPS) is 16.9. The molecule has 3 nitrogen and oxygen atoms in total. The maximum atomic E-state index is 13.1. The van der Waals surface area contributed by atoms with Crippen molar-refractivity contribution in [3.8, 4) is 11.1 Å². The molecule has 4 heteroatoms. The van der Waals surface area contributed by atoms with Gasteiger partial charge in [-0.1, -0.05) is 31.4 Å². The van der Waals surface area contributed by atoms with E-state index in [2.05, 4.69) is 29.5 Å². The van der Waals surface area contributed by atoms with Gasteiger partial charge in [0.25, 0.3) is 0 Å². The van der Waals surface area contributed by atoms with Gasteiger partial charge in [-0.05, 0) is 53.8 Å². The van der Waals surface area contributed by atoms with Crippen molar-refractivity contribution in [2.75, 3.05) is 6.54 Å². The summed E-state index contributed by atoms with van der Waals surface area (Å²) in [6.07, 6.45) is 9.26. The average Bonchev–Trinajstić information content (AvgIpc) is 2.68. The zero-order chi connectivity index (χ0) is 18.4. The van der Waals surface area contributed by atoms with Crippen molar-refractivity contribution in [2.24, 2.45) is 0 Å². The first kappa shape index (κ1) is 18.1. The van der Waals surface area contributed by atoms with Gasteiger partial charge in [0.2, 0.25) is 0 Å². The lowest BCUT2D eigenvalue weighted by molar-refractivity contribution is 0.100. The van der Waals surface area contributed by atoms with E-state index >= 15 is 0 Å². The van der Waals surface area contributed by atoms with E-state index in [4.69, 9.17) is 4.74 Å². The van der Waals surface area contributed by atoms with Crippen LogP contribution in [0.4, 0.5) is 4.39 Å². The number of nitrogens with one attached hydrogen (secondary N) is 1. The van der Waals surface area contributed by atoms with E-state index < -0.39 is 0 Å². The van der Waals surface area contributed by atoms with Gasteiger partial charge in [-0.15, -0.1) is 0 Å². The summed E-state index contributed by atoms with van der Waals surface area (Å²) in [4.78, 5) is 4.30. The molecule has 2 heterocycles. The van der Waals surface area contributed by atoms with Gasteiger partial charge in [0.1, 0.15) is 17.7 Å². The summed E-state index contributed by atoms with van der Waals surface area (Å²) < 4.78 is 19.0. The van der Waals surface area contributed by atoms with E-state index in [1.807, 2.05) is 12.3 Å². The summed E-state index contributed by atoms with van der Waals surface area (Å²) in [5.74, 6) is 0.595. The fraction of sp³-hybridized carbons (Fsp3) is 0.227. The highest BCUT2D eigenvalue weighted by Crippen LogP contribution is 2.25. The van der Waals surface area contributed by atoms with Crippen LogP contribution in [0.5, 0.6) is 0 Å². The standard InChI is InChI=1S/C22H23FN2O/c1-3-17-7-10-21(26-22(17)4-2)15-25-13-16-11-19(14-24-12-16)18-5-8-20(23)9-6-18/h3-6,8-9,11-12,14,21,25H,1-2,7,10,13,15H2/t21-/m1/s1. The molecule has 1 aromatic carbocycles. The number of hydrogen-bond donors (Lipinski definition) is 1. The van der Waals surface area contributed by atoms with Crippen LogP contribution < -0.4 is 5.32 Å². The van der Waals surface area contributed by atoms with Crippen LogP contribution in [0.1, 0.15) is 18.4 Å². The fourth-order valence-corrected chi connectivity index (χ4v) is 3.04. The van der Waals surface area contributed by atoms with Crippen molar-refractivity contribution in [3.63, 3.8) is 0 Å². The SMILES string of the molecule is C=CC1=C(C=C)O[C@@H](CNCc2cncc(-c3ccc(F)cc3)c2)CC1. The Balaban J connectivity index is 1.57. The number of pyridine rings is 1. The largest absolute Gasteiger partial charge is 0.489 e. The van der Waals surface area contributed by atoms with Gasteiger partial charge in [-0.3, -0.25) is 4.98 Å². The van der Waals surface area contributed by atoms with Crippen LogP contribution in [0, 0.1) is 5.82 Å². The van der Waals surface area contributed by atoms with Gasteiger partial charge in [0.05, 0.1) is 0 Å². The van der Waals surface area contributed by atoms with Crippen molar-refractivity contribution < 1.29 is 9.13 Å². The molecule has 2 aromatic rings. The maximum Gasteiger partial charge on any atom is 0.123 e. The van der Waals surface area contributed by atoms with Crippen LogP contribution in [0.15, 0.2) is 79.4 Å². The Morgan fingerprint density at radius 3 is 2.69 bits per heavy atom. The van der Waals surface area contributed by atoms with Crippen LogP contribution in [-0.2, 0) is 11.3 Å². The summed E-state index contributed by atoms with van der Waals surface area (Å²) in [5, 5.41) is 3.43. The average molecular weight is 350 g/mol. The lowest BCUT2D eigenvalue weighted by Gasteiger charge is -2.26. The molecule has 0 amide bonds. The number of rotatable bonds is 7. The monoisotopic (exact) mass is 350 g/mol. The van der Waals surface area contributed by atoms with Gasteiger partial charge < -0.3 is 10.1 Å². The Kier molecular flexibility index (Phi) is 5.97. The highest BCUT2D eigenvalue weighted by atomic mass is 19.1. The topological polar surface area (TPSA) is 34.1 Å². The summed E-state index contributed by atoms with van der Waals surface area (Å²) in [6, 6.07) is 8.52. The molecule has 1 aliphatic rings. The highest BCUT2D eigenvalue weighted by molar-refractivity contribution is 5.62. The molecule has 0 saturated heterocycles. The zero-order valence-electron chi connectivity index (χ0n) is 14.7. The number of benzene rings is 1. The molecular formula is C22H23FN2O. The highest BCUT2D eigenvalue weighted by Gasteiger charge is 2.18. The third-order valence-corrected chi connectivity index (χ3v) is 4.45. The van der Waals surface area contributed by atoms with E-state index in [1.54, 1.807) is 24.4 Å². The minimum absolute atomic E-state index is 0.125. The molecule has 26 heavy (non-hydrogen) atoms. The number of hydrogen-bond acceptors (Lipinski definition) is 3.